The molecular weight excluding hydrogens is 248 g/mol. The average Bonchev–Trinajstić information content (AvgIpc) is 2.69. The van der Waals surface area contributed by atoms with Crippen LogP contribution in [0.4, 0.5) is 0 Å². The van der Waals surface area contributed by atoms with E-state index in [1.165, 1.54) is 0 Å². The fraction of sp³-hybridized carbons (Fsp3) is 0.250. The topological polar surface area (TPSA) is 66.2 Å². The molecule has 0 unspecified atom stereocenters. The number of aromatic hydroxyl groups is 1. The molecule has 18 heavy (non-hydrogen) atoms. The molecule has 0 fully saturated rings. The molecule has 5 nitrogen and oxygen atoms in total. The number of rotatable bonds is 4. The predicted octanol–water partition coefficient (Wildman–Crippen LogP) is 2.48. The molecule has 1 aromatic carbocycles. The summed E-state index contributed by atoms with van der Waals surface area (Å²) >= 11 is 5.11. The number of hydrogen-bond acceptors (Lipinski definition) is 4. The second-order valence-corrected chi connectivity index (χ2v) is 4.23. The molecule has 1 aromatic heterocycles. The van der Waals surface area contributed by atoms with Gasteiger partial charge in [-0.2, -0.15) is 14.9 Å². The molecule has 2 rings (SSSR count). The molecule has 0 saturated heterocycles. The maximum Gasteiger partial charge on any atom is 0.216 e. The summed E-state index contributed by atoms with van der Waals surface area (Å²) in [5.41, 5.74) is 0.806. The van der Waals surface area contributed by atoms with Crippen LogP contribution in [-0.2, 0) is 6.42 Å². The SMILES string of the molecule is CCCc1n[nH]c(=S)n1/N=C\c1cccc(O)c1. The van der Waals surface area contributed by atoms with Crippen LogP contribution >= 0.6 is 12.2 Å². The van der Waals surface area contributed by atoms with Crippen LogP contribution in [0.1, 0.15) is 24.7 Å². The maximum atomic E-state index is 9.36. The predicted molar refractivity (Wildman–Crippen MR) is 72.5 cm³/mol. The highest BCUT2D eigenvalue weighted by molar-refractivity contribution is 7.71. The Morgan fingerprint density at radius 3 is 3.11 bits per heavy atom. The quantitative estimate of drug-likeness (QED) is 0.657. The summed E-state index contributed by atoms with van der Waals surface area (Å²) in [5.74, 6) is 1.02. The van der Waals surface area contributed by atoms with E-state index in [1.807, 2.05) is 6.07 Å². The number of aromatic amines is 1. The van der Waals surface area contributed by atoms with Crippen molar-refractivity contribution < 1.29 is 5.11 Å². The first kappa shape index (κ1) is 12.5. The number of aromatic nitrogens is 3. The monoisotopic (exact) mass is 262 g/mol. The van der Waals surface area contributed by atoms with E-state index < -0.39 is 0 Å². The number of H-pyrrole nitrogens is 1. The number of nitrogens with zero attached hydrogens (tertiary/aromatic N) is 3. The lowest BCUT2D eigenvalue weighted by molar-refractivity contribution is 0.475. The van der Waals surface area contributed by atoms with Crippen molar-refractivity contribution in [2.45, 2.75) is 19.8 Å². The Morgan fingerprint density at radius 2 is 2.39 bits per heavy atom. The molecule has 0 radical (unpaired) electrons. The standard InChI is InChI=1S/C12H14N4OS/c1-2-4-11-14-15-12(18)16(11)13-8-9-5-3-6-10(17)7-9/h3,5-8,17H,2,4H2,1H3,(H,15,18)/b13-8-. The normalized spacial score (nSPS) is 11.2. The summed E-state index contributed by atoms with van der Waals surface area (Å²) < 4.78 is 2.07. The van der Waals surface area contributed by atoms with Gasteiger partial charge in [0.25, 0.3) is 0 Å². The van der Waals surface area contributed by atoms with Gasteiger partial charge in [0, 0.05) is 6.42 Å². The molecule has 0 aliphatic heterocycles. The molecule has 1 heterocycles. The van der Waals surface area contributed by atoms with Crippen molar-refractivity contribution in [1.29, 1.82) is 0 Å². The van der Waals surface area contributed by atoms with Crippen molar-refractivity contribution in [2.24, 2.45) is 5.10 Å². The summed E-state index contributed by atoms with van der Waals surface area (Å²) in [7, 11) is 0. The average molecular weight is 262 g/mol. The summed E-state index contributed by atoms with van der Waals surface area (Å²) in [6.45, 7) is 2.07. The van der Waals surface area contributed by atoms with E-state index in [9.17, 15) is 5.11 Å². The molecule has 0 bridgehead atoms. The van der Waals surface area contributed by atoms with Crippen molar-refractivity contribution >= 4 is 18.4 Å². The molecular formula is C12H14N4OS. The Labute approximate surface area is 110 Å². The summed E-state index contributed by atoms with van der Waals surface area (Å²) in [5, 5.41) is 20.5. The molecule has 0 aliphatic carbocycles. The summed E-state index contributed by atoms with van der Waals surface area (Å²) in [4.78, 5) is 0. The third-order valence-electron chi connectivity index (χ3n) is 2.38. The largest absolute Gasteiger partial charge is 0.508 e. The molecule has 94 valence electrons. The van der Waals surface area contributed by atoms with Gasteiger partial charge in [-0.15, -0.1) is 0 Å². The second-order valence-electron chi connectivity index (χ2n) is 3.85. The highest BCUT2D eigenvalue weighted by Gasteiger charge is 2.02. The van der Waals surface area contributed by atoms with Gasteiger partial charge >= 0.3 is 0 Å². The first-order chi connectivity index (χ1) is 8.70. The number of hydrogen-bond donors (Lipinski definition) is 2. The van der Waals surface area contributed by atoms with E-state index in [4.69, 9.17) is 12.2 Å². The van der Waals surface area contributed by atoms with Crippen molar-refractivity contribution in [1.82, 2.24) is 14.9 Å². The molecule has 0 amide bonds. The lowest BCUT2D eigenvalue weighted by Crippen LogP contribution is -1.98. The van der Waals surface area contributed by atoms with Gasteiger partial charge in [0.2, 0.25) is 4.77 Å². The van der Waals surface area contributed by atoms with Crippen LogP contribution in [0.2, 0.25) is 0 Å². The number of phenolic OH excluding ortho intramolecular Hbond substituents is 1. The van der Waals surface area contributed by atoms with Crippen molar-refractivity contribution in [3.8, 4) is 5.75 Å². The molecule has 0 aliphatic rings. The zero-order chi connectivity index (χ0) is 13.0. The zero-order valence-electron chi connectivity index (χ0n) is 10.00. The number of nitrogens with one attached hydrogen (secondary N) is 1. The second kappa shape index (κ2) is 5.59. The van der Waals surface area contributed by atoms with Crippen molar-refractivity contribution in [3.63, 3.8) is 0 Å². The van der Waals surface area contributed by atoms with Gasteiger partial charge in [0.1, 0.15) is 5.75 Å². The van der Waals surface area contributed by atoms with Gasteiger partial charge in [-0.1, -0.05) is 19.1 Å². The maximum absolute atomic E-state index is 9.36. The Morgan fingerprint density at radius 1 is 1.56 bits per heavy atom. The molecule has 0 spiro atoms. The molecule has 6 heteroatoms. The highest BCUT2D eigenvalue weighted by Crippen LogP contribution is 2.09. The van der Waals surface area contributed by atoms with E-state index in [0.29, 0.717) is 4.77 Å². The highest BCUT2D eigenvalue weighted by atomic mass is 32.1. The fourth-order valence-corrected chi connectivity index (χ4v) is 1.76. The molecule has 0 saturated carbocycles. The Kier molecular flexibility index (Phi) is 3.88. The Bertz CT molecular complexity index is 615. The van der Waals surface area contributed by atoms with E-state index in [0.717, 1.165) is 24.2 Å². The smallest absolute Gasteiger partial charge is 0.216 e. The third-order valence-corrected chi connectivity index (χ3v) is 2.65. The van der Waals surface area contributed by atoms with Crippen LogP contribution in [0, 0.1) is 4.77 Å². The van der Waals surface area contributed by atoms with Crippen LogP contribution in [0.5, 0.6) is 5.75 Å². The van der Waals surface area contributed by atoms with Crippen LogP contribution in [0.15, 0.2) is 29.4 Å². The third kappa shape index (κ3) is 2.84. The number of aryl methyl sites for hydroxylation is 1. The molecule has 2 aromatic rings. The van der Waals surface area contributed by atoms with E-state index >= 15 is 0 Å². The van der Waals surface area contributed by atoms with Crippen LogP contribution in [-0.4, -0.2) is 26.2 Å². The Balaban J connectivity index is 2.28. The van der Waals surface area contributed by atoms with Gasteiger partial charge < -0.3 is 5.11 Å². The molecule has 2 N–H and O–H groups in total. The van der Waals surface area contributed by atoms with Gasteiger partial charge in [-0.3, -0.25) is 5.10 Å². The first-order valence-corrected chi connectivity index (χ1v) is 6.11. The van der Waals surface area contributed by atoms with Crippen LogP contribution in [0.25, 0.3) is 0 Å². The Hall–Kier alpha value is -1.95. The van der Waals surface area contributed by atoms with Gasteiger partial charge in [0.05, 0.1) is 6.21 Å². The van der Waals surface area contributed by atoms with E-state index in [2.05, 4.69) is 22.2 Å². The van der Waals surface area contributed by atoms with Gasteiger partial charge in [-0.05, 0) is 36.3 Å². The van der Waals surface area contributed by atoms with Crippen LogP contribution < -0.4 is 0 Å². The van der Waals surface area contributed by atoms with E-state index in [1.54, 1.807) is 29.1 Å². The van der Waals surface area contributed by atoms with Crippen LogP contribution in [0.3, 0.4) is 0 Å². The number of benzene rings is 1. The van der Waals surface area contributed by atoms with Gasteiger partial charge in [0.15, 0.2) is 5.82 Å². The van der Waals surface area contributed by atoms with Gasteiger partial charge in [-0.25, -0.2) is 0 Å². The minimum atomic E-state index is 0.212. The van der Waals surface area contributed by atoms with E-state index in [-0.39, 0.29) is 5.75 Å². The fourth-order valence-electron chi connectivity index (χ4n) is 1.56. The molecule has 0 atom stereocenters. The minimum absolute atomic E-state index is 0.212. The number of phenols is 1. The summed E-state index contributed by atoms with van der Waals surface area (Å²) in [6, 6.07) is 6.86. The summed E-state index contributed by atoms with van der Waals surface area (Å²) in [6.07, 6.45) is 3.43. The zero-order valence-corrected chi connectivity index (χ0v) is 10.8. The van der Waals surface area contributed by atoms with Crippen molar-refractivity contribution in [2.75, 3.05) is 0 Å². The lowest BCUT2D eigenvalue weighted by Gasteiger charge is -1.98. The van der Waals surface area contributed by atoms with Crippen molar-refractivity contribution in [3.05, 3.63) is 40.4 Å². The first-order valence-electron chi connectivity index (χ1n) is 5.70. The minimum Gasteiger partial charge on any atom is -0.508 e. The lowest BCUT2D eigenvalue weighted by atomic mass is 10.2.